The number of carbonyl (C=O) groups excluding carboxylic acids is 1. The predicted molar refractivity (Wildman–Crippen MR) is 133 cm³/mol. The second kappa shape index (κ2) is 9.58. The number of carbonyl (C=O) groups is 1. The molecule has 2 aromatic heterocycles. The minimum atomic E-state index is -0.153. The Morgan fingerprint density at radius 3 is 2.63 bits per heavy atom. The van der Waals surface area contributed by atoms with E-state index in [1.165, 1.54) is 0 Å². The van der Waals surface area contributed by atoms with Gasteiger partial charge in [0.1, 0.15) is 17.2 Å². The van der Waals surface area contributed by atoms with Crippen LogP contribution in [0.4, 0.5) is 5.82 Å². The number of amides is 1. The molecule has 2 aromatic carbocycles. The lowest BCUT2D eigenvalue weighted by Gasteiger charge is -2.20. The number of ether oxygens (including phenoxy) is 3. The first kappa shape index (κ1) is 22.6. The van der Waals surface area contributed by atoms with Crippen molar-refractivity contribution in [3.8, 4) is 17.2 Å². The number of aromatic nitrogens is 2. The van der Waals surface area contributed by atoms with Gasteiger partial charge in [0.25, 0.3) is 5.91 Å². The molecule has 35 heavy (non-hydrogen) atoms. The average molecular weight is 473 g/mol. The highest BCUT2D eigenvalue weighted by molar-refractivity contribution is 5.94. The summed E-state index contributed by atoms with van der Waals surface area (Å²) in [6.45, 7) is 3.41. The van der Waals surface area contributed by atoms with Gasteiger partial charge in [-0.15, -0.1) is 0 Å². The van der Waals surface area contributed by atoms with Gasteiger partial charge in [0.15, 0.2) is 11.5 Å². The van der Waals surface area contributed by atoms with Gasteiger partial charge in [0, 0.05) is 26.3 Å². The molecule has 4 aromatic rings. The summed E-state index contributed by atoms with van der Waals surface area (Å²) in [6.07, 6.45) is 2.64. The Balaban J connectivity index is 1.36. The van der Waals surface area contributed by atoms with Crippen molar-refractivity contribution in [2.24, 2.45) is 0 Å². The minimum absolute atomic E-state index is 0.153. The van der Waals surface area contributed by atoms with Crippen LogP contribution >= 0.6 is 0 Å². The van der Waals surface area contributed by atoms with E-state index in [1.807, 2.05) is 60.1 Å². The van der Waals surface area contributed by atoms with E-state index in [-0.39, 0.29) is 12.7 Å². The molecule has 0 atom stereocenters. The number of hydrogen-bond acceptors (Lipinski definition) is 6. The van der Waals surface area contributed by atoms with Crippen molar-refractivity contribution in [2.45, 2.75) is 26.4 Å². The standard InChI is InChI=1S/C27H28N4O4/c1-4-22-27(30(2)15-18-5-9-21(33-3)10-6-18)31-16-20(8-12-25(31)29-22)26(32)28-14-19-7-11-23-24(13-19)35-17-34-23/h5-13,16H,4,14-15,17H2,1-3H3,(H,28,32). The van der Waals surface area contributed by atoms with Gasteiger partial charge in [0.05, 0.1) is 18.4 Å². The van der Waals surface area contributed by atoms with Crippen LogP contribution in [0.1, 0.15) is 34.1 Å². The molecule has 0 saturated carbocycles. The number of methoxy groups -OCH3 is 1. The van der Waals surface area contributed by atoms with Crippen molar-refractivity contribution in [1.82, 2.24) is 14.7 Å². The smallest absolute Gasteiger partial charge is 0.253 e. The van der Waals surface area contributed by atoms with E-state index in [2.05, 4.69) is 29.3 Å². The summed E-state index contributed by atoms with van der Waals surface area (Å²) in [7, 11) is 3.70. The topological polar surface area (TPSA) is 77.3 Å². The second-order valence-electron chi connectivity index (χ2n) is 8.46. The molecule has 0 unspecified atom stereocenters. The molecule has 5 rings (SSSR count). The molecular formula is C27H28N4O4. The molecule has 1 amide bonds. The Bertz CT molecular complexity index is 1360. The fraction of sp³-hybridized carbons (Fsp3) is 0.259. The SMILES string of the molecule is CCc1nc2ccc(C(=O)NCc3ccc4c(c3)OCO4)cn2c1N(C)Cc1ccc(OC)cc1. The lowest BCUT2D eigenvalue weighted by atomic mass is 10.2. The van der Waals surface area contributed by atoms with E-state index in [0.717, 1.165) is 46.2 Å². The molecule has 0 bridgehead atoms. The first-order valence-corrected chi connectivity index (χ1v) is 11.6. The molecule has 1 aliphatic heterocycles. The molecule has 180 valence electrons. The van der Waals surface area contributed by atoms with Crippen LogP contribution < -0.4 is 24.4 Å². The number of benzene rings is 2. The molecule has 0 aliphatic carbocycles. The van der Waals surface area contributed by atoms with Crippen molar-refractivity contribution in [3.05, 3.63) is 83.2 Å². The normalized spacial score (nSPS) is 12.1. The Morgan fingerprint density at radius 2 is 1.86 bits per heavy atom. The van der Waals surface area contributed by atoms with Crippen molar-refractivity contribution in [3.63, 3.8) is 0 Å². The zero-order chi connectivity index (χ0) is 24.4. The molecule has 1 N–H and O–H groups in total. The summed E-state index contributed by atoms with van der Waals surface area (Å²) >= 11 is 0. The highest BCUT2D eigenvalue weighted by Crippen LogP contribution is 2.32. The summed E-state index contributed by atoms with van der Waals surface area (Å²) in [4.78, 5) is 19.9. The maximum atomic E-state index is 13.0. The van der Waals surface area contributed by atoms with Crippen LogP contribution in [0.2, 0.25) is 0 Å². The third-order valence-electron chi connectivity index (χ3n) is 6.09. The van der Waals surface area contributed by atoms with Gasteiger partial charge in [-0.1, -0.05) is 25.1 Å². The maximum absolute atomic E-state index is 13.0. The number of anilines is 1. The van der Waals surface area contributed by atoms with Crippen LogP contribution in [0.15, 0.2) is 60.8 Å². The molecule has 3 heterocycles. The summed E-state index contributed by atoms with van der Waals surface area (Å²) < 4.78 is 18.0. The van der Waals surface area contributed by atoms with E-state index >= 15 is 0 Å². The Kier molecular flexibility index (Phi) is 6.18. The largest absolute Gasteiger partial charge is 0.497 e. The van der Waals surface area contributed by atoms with E-state index in [1.54, 1.807) is 7.11 Å². The van der Waals surface area contributed by atoms with Crippen LogP contribution in [0.5, 0.6) is 17.2 Å². The van der Waals surface area contributed by atoms with E-state index in [9.17, 15) is 4.79 Å². The minimum Gasteiger partial charge on any atom is -0.497 e. The molecule has 0 fully saturated rings. The fourth-order valence-corrected chi connectivity index (χ4v) is 4.27. The molecule has 0 spiro atoms. The number of nitrogens with zero attached hydrogens (tertiary/aromatic N) is 3. The van der Waals surface area contributed by atoms with Crippen LogP contribution in [0, 0.1) is 0 Å². The van der Waals surface area contributed by atoms with Crippen LogP contribution in [-0.2, 0) is 19.5 Å². The Hall–Kier alpha value is -4.20. The lowest BCUT2D eigenvalue weighted by molar-refractivity contribution is 0.0950. The lowest BCUT2D eigenvalue weighted by Crippen LogP contribution is -2.23. The number of nitrogens with one attached hydrogen (secondary N) is 1. The maximum Gasteiger partial charge on any atom is 0.253 e. The van der Waals surface area contributed by atoms with E-state index < -0.39 is 0 Å². The van der Waals surface area contributed by atoms with Crippen molar-refractivity contribution < 1.29 is 19.0 Å². The summed E-state index contributed by atoms with van der Waals surface area (Å²) in [6, 6.07) is 17.4. The number of fused-ring (bicyclic) bond motifs is 2. The molecule has 1 aliphatic rings. The van der Waals surface area contributed by atoms with Crippen LogP contribution in [0.3, 0.4) is 0 Å². The van der Waals surface area contributed by atoms with Gasteiger partial charge in [0.2, 0.25) is 6.79 Å². The first-order valence-electron chi connectivity index (χ1n) is 11.6. The summed E-state index contributed by atoms with van der Waals surface area (Å²) in [5.74, 6) is 3.08. The number of aryl methyl sites for hydroxylation is 1. The quantitative estimate of drug-likeness (QED) is 0.414. The highest BCUT2D eigenvalue weighted by atomic mass is 16.7. The van der Waals surface area contributed by atoms with Gasteiger partial charge in [-0.3, -0.25) is 9.20 Å². The predicted octanol–water partition coefficient (Wildman–Crippen LogP) is 4.20. The number of hydrogen-bond donors (Lipinski definition) is 1. The Labute approximate surface area is 204 Å². The zero-order valence-electron chi connectivity index (χ0n) is 20.1. The van der Waals surface area contributed by atoms with E-state index in [4.69, 9.17) is 19.2 Å². The molecule has 0 radical (unpaired) electrons. The van der Waals surface area contributed by atoms with Gasteiger partial charge < -0.3 is 24.4 Å². The van der Waals surface area contributed by atoms with Crippen molar-refractivity contribution in [2.75, 3.05) is 25.9 Å². The van der Waals surface area contributed by atoms with Gasteiger partial charge >= 0.3 is 0 Å². The summed E-state index contributed by atoms with van der Waals surface area (Å²) in [5, 5.41) is 3.00. The highest BCUT2D eigenvalue weighted by Gasteiger charge is 2.18. The Morgan fingerprint density at radius 1 is 1.09 bits per heavy atom. The number of imidazole rings is 1. The first-order chi connectivity index (χ1) is 17.1. The number of pyridine rings is 1. The fourth-order valence-electron chi connectivity index (χ4n) is 4.27. The van der Waals surface area contributed by atoms with Crippen LogP contribution in [-0.4, -0.2) is 36.2 Å². The summed E-state index contributed by atoms with van der Waals surface area (Å²) in [5.41, 5.74) is 4.46. The van der Waals surface area contributed by atoms with Gasteiger partial charge in [-0.2, -0.15) is 0 Å². The zero-order valence-corrected chi connectivity index (χ0v) is 20.1. The molecule has 0 saturated heterocycles. The monoisotopic (exact) mass is 472 g/mol. The third kappa shape index (κ3) is 4.59. The van der Waals surface area contributed by atoms with Gasteiger partial charge in [-0.05, 0) is 53.9 Å². The van der Waals surface area contributed by atoms with E-state index in [0.29, 0.717) is 24.4 Å². The van der Waals surface area contributed by atoms with Crippen molar-refractivity contribution in [1.29, 1.82) is 0 Å². The number of rotatable bonds is 8. The molecule has 8 nitrogen and oxygen atoms in total. The third-order valence-corrected chi connectivity index (χ3v) is 6.09. The molecule has 8 heteroatoms. The van der Waals surface area contributed by atoms with Crippen molar-refractivity contribution >= 4 is 17.4 Å². The van der Waals surface area contributed by atoms with Crippen LogP contribution in [0.25, 0.3) is 5.65 Å². The van der Waals surface area contributed by atoms with Gasteiger partial charge in [-0.25, -0.2) is 4.98 Å². The molecular weight excluding hydrogens is 444 g/mol. The average Bonchev–Trinajstić information content (AvgIpc) is 3.51. The second-order valence-corrected chi connectivity index (χ2v) is 8.46.